The molecule has 0 fully saturated rings. The summed E-state index contributed by atoms with van der Waals surface area (Å²) in [6.07, 6.45) is 4.52. The standard InChI is InChI=1S/C21H16N12O/c1-12-17(28-29-19-16(22-3)11-25-32(19)21-23-8-5-9-24-21)20-27-18(31-33(20)30-12)14-6-4-7-15(10-14)26-13(2)34/h4-11,30H,1-2H3,(H,26,34). The summed E-state index contributed by atoms with van der Waals surface area (Å²) in [5.74, 6) is 0.743. The molecule has 13 heteroatoms. The largest absolute Gasteiger partial charge is 0.326 e. The number of aromatic nitrogens is 8. The van der Waals surface area contributed by atoms with Gasteiger partial charge in [0.1, 0.15) is 0 Å². The third kappa shape index (κ3) is 3.75. The second-order valence-corrected chi connectivity index (χ2v) is 7.14. The highest BCUT2D eigenvalue weighted by molar-refractivity contribution is 5.89. The zero-order valence-electron chi connectivity index (χ0n) is 18.0. The number of nitrogens with one attached hydrogen (secondary N) is 2. The number of azo groups is 1. The normalized spacial score (nSPS) is 11.2. The number of nitrogens with zero attached hydrogens (tertiary/aromatic N) is 10. The molecule has 0 unspecified atom stereocenters. The van der Waals surface area contributed by atoms with Gasteiger partial charge in [-0.05, 0) is 25.1 Å². The maximum absolute atomic E-state index is 11.4. The van der Waals surface area contributed by atoms with Crippen LogP contribution in [0.15, 0.2) is 59.2 Å². The predicted octanol–water partition coefficient (Wildman–Crippen LogP) is 3.93. The number of amides is 1. The minimum Gasteiger partial charge on any atom is -0.326 e. The molecule has 0 radical (unpaired) electrons. The topological polar surface area (TPSA) is 148 Å². The van der Waals surface area contributed by atoms with Crippen molar-refractivity contribution in [3.05, 3.63) is 66.0 Å². The van der Waals surface area contributed by atoms with Crippen LogP contribution in [0.5, 0.6) is 0 Å². The molecule has 0 aliphatic carbocycles. The highest BCUT2D eigenvalue weighted by Crippen LogP contribution is 2.33. The van der Waals surface area contributed by atoms with Gasteiger partial charge in [0.05, 0.1) is 18.5 Å². The van der Waals surface area contributed by atoms with Gasteiger partial charge >= 0.3 is 0 Å². The average Bonchev–Trinajstić information content (AvgIpc) is 3.51. The molecule has 0 aliphatic heterocycles. The molecule has 0 saturated heterocycles. The highest BCUT2D eigenvalue weighted by Gasteiger charge is 2.17. The number of benzene rings is 1. The molecule has 0 atom stereocenters. The number of aromatic amines is 1. The van der Waals surface area contributed by atoms with Crippen molar-refractivity contribution in [2.45, 2.75) is 13.8 Å². The molecule has 1 aromatic carbocycles. The Kier molecular flexibility index (Phi) is 5.07. The molecule has 34 heavy (non-hydrogen) atoms. The summed E-state index contributed by atoms with van der Waals surface area (Å²) >= 11 is 0. The lowest BCUT2D eigenvalue weighted by molar-refractivity contribution is -0.114. The Morgan fingerprint density at radius 1 is 1.21 bits per heavy atom. The van der Waals surface area contributed by atoms with E-state index in [1.807, 2.05) is 13.0 Å². The molecule has 5 aromatic rings. The van der Waals surface area contributed by atoms with Crippen LogP contribution in [0.3, 0.4) is 0 Å². The second-order valence-electron chi connectivity index (χ2n) is 7.14. The van der Waals surface area contributed by atoms with Crippen molar-refractivity contribution in [2.75, 3.05) is 5.32 Å². The molecule has 0 bridgehead atoms. The Balaban J connectivity index is 1.54. The van der Waals surface area contributed by atoms with Crippen LogP contribution in [0.25, 0.3) is 27.8 Å². The van der Waals surface area contributed by atoms with Gasteiger partial charge in [0.2, 0.25) is 11.6 Å². The number of aryl methyl sites for hydroxylation is 1. The Morgan fingerprint density at radius 3 is 2.79 bits per heavy atom. The van der Waals surface area contributed by atoms with Gasteiger partial charge in [-0.3, -0.25) is 9.89 Å². The van der Waals surface area contributed by atoms with E-state index in [1.54, 1.807) is 36.7 Å². The number of carbonyl (C=O) groups excluding carboxylic acids is 1. The molecule has 2 N–H and O–H groups in total. The van der Waals surface area contributed by atoms with Crippen molar-refractivity contribution in [3.63, 3.8) is 0 Å². The smallest absolute Gasteiger partial charge is 0.252 e. The molecule has 5 rings (SSSR count). The van der Waals surface area contributed by atoms with Gasteiger partial charge in [-0.25, -0.2) is 19.8 Å². The summed E-state index contributed by atoms with van der Waals surface area (Å²) in [7, 11) is 0. The fraction of sp³-hybridized carbons (Fsp3) is 0.0952. The number of fused-ring (bicyclic) bond motifs is 1. The predicted molar refractivity (Wildman–Crippen MR) is 121 cm³/mol. The van der Waals surface area contributed by atoms with E-state index in [2.05, 4.69) is 50.6 Å². The van der Waals surface area contributed by atoms with Crippen molar-refractivity contribution in [3.8, 4) is 17.3 Å². The first-order chi connectivity index (χ1) is 16.5. The summed E-state index contributed by atoms with van der Waals surface area (Å²) < 4.78 is 2.84. The van der Waals surface area contributed by atoms with Gasteiger partial charge in [-0.2, -0.15) is 14.4 Å². The van der Waals surface area contributed by atoms with Gasteiger partial charge in [0.25, 0.3) is 11.6 Å². The van der Waals surface area contributed by atoms with Crippen molar-refractivity contribution in [1.29, 1.82) is 0 Å². The van der Waals surface area contributed by atoms with Gasteiger partial charge in [0, 0.05) is 30.6 Å². The minimum absolute atomic E-state index is 0.167. The number of carbonyl (C=O) groups is 1. The number of H-pyrrole nitrogens is 1. The molecular weight excluding hydrogens is 436 g/mol. The summed E-state index contributed by atoms with van der Waals surface area (Å²) in [5.41, 5.74) is 3.16. The van der Waals surface area contributed by atoms with Crippen LogP contribution in [-0.2, 0) is 4.79 Å². The van der Waals surface area contributed by atoms with Crippen molar-refractivity contribution in [2.24, 2.45) is 10.2 Å². The number of rotatable bonds is 5. The molecule has 0 spiro atoms. The maximum Gasteiger partial charge on any atom is 0.252 e. The second kappa shape index (κ2) is 8.36. The van der Waals surface area contributed by atoms with Crippen LogP contribution >= 0.6 is 0 Å². The van der Waals surface area contributed by atoms with Gasteiger partial charge in [0.15, 0.2) is 17.3 Å². The Morgan fingerprint density at radius 2 is 2.03 bits per heavy atom. The van der Waals surface area contributed by atoms with E-state index in [-0.39, 0.29) is 23.4 Å². The zero-order chi connectivity index (χ0) is 23.7. The van der Waals surface area contributed by atoms with E-state index >= 15 is 0 Å². The minimum atomic E-state index is -0.167. The third-order valence-corrected chi connectivity index (χ3v) is 4.72. The SMILES string of the molecule is [C-]#[N+]c1cnn(-c2ncccn2)c1N=Nc1c(C)[nH]n2nc(-c3cccc(NC(C)=O)c3)nc12. The molecule has 13 nitrogen and oxygen atoms in total. The zero-order valence-corrected chi connectivity index (χ0v) is 18.0. The van der Waals surface area contributed by atoms with Crippen LogP contribution in [-0.4, -0.2) is 45.5 Å². The quantitative estimate of drug-likeness (QED) is 0.305. The van der Waals surface area contributed by atoms with E-state index in [0.717, 1.165) is 5.56 Å². The van der Waals surface area contributed by atoms with Crippen molar-refractivity contribution in [1.82, 2.24) is 39.6 Å². The molecular formula is C21H16N12O. The summed E-state index contributed by atoms with van der Waals surface area (Å²) in [5, 5.41) is 23.1. The van der Waals surface area contributed by atoms with E-state index in [1.165, 1.54) is 22.4 Å². The number of hydrogen-bond donors (Lipinski definition) is 2. The summed E-state index contributed by atoms with van der Waals surface area (Å²) in [6, 6.07) is 8.89. The molecule has 4 aromatic heterocycles. The molecule has 1 amide bonds. The van der Waals surface area contributed by atoms with E-state index in [0.29, 0.717) is 28.5 Å². The van der Waals surface area contributed by atoms with Crippen LogP contribution < -0.4 is 5.32 Å². The van der Waals surface area contributed by atoms with Crippen LogP contribution in [0.4, 0.5) is 22.9 Å². The van der Waals surface area contributed by atoms with Gasteiger partial charge < -0.3 is 5.32 Å². The lowest BCUT2D eigenvalue weighted by atomic mass is 10.2. The van der Waals surface area contributed by atoms with Crippen LogP contribution in [0.2, 0.25) is 0 Å². The van der Waals surface area contributed by atoms with Crippen LogP contribution in [0.1, 0.15) is 12.6 Å². The van der Waals surface area contributed by atoms with Gasteiger partial charge in [-0.15, -0.1) is 15.3 Å². The molecule has 166 valence electrons. The van der Waals surface area contributed by atoms with E-state index < -0.39 is 0 Å². The van der Waals surface area contributed by atoms with E-state index in [4.69, 9.17) is 6.57 Å². The van der Waals surface area contributed by atoms with Crippen LogP contribution in [0, 0.1) is 13.5 Å². The molecule has 0 aliphatic rings. The Bertz CT molecular complexity index is 1590. The maximum atomic E-state index is 11.4. The highest BCUT2D eigenvalue weighted by atomic mass is 16.1. The van der Waals surface area contributed by atoms with Gasteiger partial charge in [-0.1, -0.05) is 12.1 Å². The number of hydrogen-bond acceptors (Lipinski definition) is 8. The first-order valence-electron chi connectivity index (χ1n) is 10.0. The monoisotopic (exact) mass is 452 g/mol. The first kappa shape index (κ1) is 20.6. The Hall–Kier alpha value is -5.25. The fourth-order valence-corrected chi connectivity index (χ4v) is 3.25. The van der Waals surface area contributed by atoms with E-state index in [9.17, 15) is 4.79 Å². The lowest BCUT2D eigenvalue weighted by Gasteiger charge is -2.02. The third-order valence-electron chi connectivity index (χ3n) is 4.72. The fourth-order valence-electron chi connectivity index (χ4n) is 3.25. The lowest BCUT2D eigenvalue weighted by Crippen LogP contribution is -2.05. The molecule has 4 heterocycles. The van der Waals surface area contributed by atoms with Crippen molar-refractivity contribution >= 4 is 34.4 Å². The summed E-state index contributed by atoms with van der Waals surface area (Å²) in [4.78, 5) is 27.7. The number of anilines is 1. The first-order valence-corrected chi connectivity index (χ1v) is 10.0. The summed E-state index contributed by atoms with van der Waals surface area (Å²) in [6.45, 7) is 10.7. The molecule has 0 saturated carbocycles. The van der Waals surface area contributed by atoms with Crippen molar-refractivity contribution < 1.29 is 4.79 Å². The average molecular weight is 452 g/mol. The Labute approximate surface area is 192 Å².